The number of aryl methyl sites for hydroxylation is 1. The van der Waals surface area contributed by atoms with Crippen LogP contribution in [0.2, 0.25) is 0 Å². The van der Waals surface area contributed by atoms with Gasteiger partial charge in [-0.2, -0.15) is 0 Å². The van der Waals surface area contributed by atoms with E-state index >= 15 is 0 Å². The number of nitrogens with one attached hydrogen (secondary N) is 1. The topological polar surface area (TPSA) is 104 Å². The lowest BCUT2D eigenvalue weighted by molar-refractivity contribution is -0.140. The van der Waals surface area contributed by atoms with Crippen LogP contribution in [-0.2, 0) is 26.2 Å². The van der Waals surface area contributed by atoms with Gasteiger partial charge in [-0.05, 0) is 49.9 Å². The van der Waals surface area contributed by atoms with Gasteiger partial charge in [0.15, 0.2) is 0 Å². The molecule has 3 rings (SSSR count). The highest BCUT2D eigenvalue weighted by Gasteiger charge is 2.40. The van der Waals surface area contributed by atoms with Gasteiger partial charge in [0.1, 0.15) is 10.9 Å². The highest BCUT2D eigenvalue weighted by Crippen LogP contribution is 2.30. The van der Waals surface area contributed by atoms with E-state index < -0.39 is 22.0 Å². The van der Waals surface area contributed by atoms with Crippen LogP contribution in [0.1, 0.15) is 61.0 Å². The zero-order valence-corrected chi connectivity index (χ0v) is 21.3. The van der Waals surface area contributed by atoms with Crippen LogP contribution < -0.4 is 5.32 Å². The van der Waals surface area contributed by atoms with E-state index in [4.69, 9.17) is 0 Å². The predicted molar refractivity (Wildman–Crippen MR) is 133 cm³/mol. The molecule has 1 aliphatic rings. The molecular weight excluding hydrogens is 466 g/mol. The van der Waals surface area contributed by atoms with E-state index in [1.54, 1.807) is 19.1 Å². The maximum atomic E-state index is 13.3. The molecule has 3 amide bonds. The van der Waals surface area contributed by atoms with Crippen molar-refractivity contribution in [3.63, 3.8) is 0 Å². The summed E-state index contributed by atoms with van der Waals surface area (Å²) in [6, 6.07) is 13.1. The fourth-order valence-electron chi connectivity index (χ4n) is 4.06. The highest BCUT2D eigenvalue weighted by molar-refractivity contribution is 7.90. The first-order chi connectivity index (χ1) is 16.7. The number of benzene rings is 2. The molecule has 188 valence electrons. The van der Waals surface area contributed by atoms with Crippen molar-refractivity contribution in [3.05, 3.63) is 65.2 Å². The molecule has 0 aromatic heterocycles. The molecule has 1 atom stereocenters. The molecule has 0 spiro atoms. The van der Waals surface area contributed by atoms with Crippen LogP contribution in [-0.4, -0.2) is 54.5 Å². The molecule has 0 bridgehead atoms. The SMILES string of the molecule is CCCCNC(=O)[C@@H](C)N(Cc1ccccc1C)C(=O)CCCN1C(=O)c2ccccc2S1(=O)=O. The number of amides is 3. The largest absolute Gasteiger partial charge is 0.354 e. The minimum absolute atomic E-state index is 0.00474. The smallest absolute Gasteiger partial charge is 0.269 e. The van der Waals surface area contributed by atoms with Crippen LogP contribution >= 0.6 is 0 Å². The Balaban J connectivity index is 1.70. The number of unbranched alkanes of at least 4 members (excludes halogenated alkanes) is 1. The first-order valence-electron chi connectivity index (χ1n) is 12.0. The summed E-state index contributed by atoms with van der Waals surface area (Å²) in [7, 11) is -3.92. The van der Waals surface area contributed by atoms with Crippen LogP contribution in [0.25, 0.3) is 0 Å². The van der Waals surface area contributed by atoms with Gasteiger partial charge in [0, 0.05) is 26.1 Å². The Kier molecular flexibility index (Phi) is 8.67. The Morgan fingerprint density at radius 2 is 1.74 bits per heavy atom. The van der Waals surface area contributed by atoms with Crippen LogP contribution in [0.3, 0.4) is 0 Å². The Hall–Kier alpha value is -3.20. The average molecular weight is 500 g/mol. The molecule has 0 unspecified atom stereocenters. The van der Waals surface area contributed by atoms with Crippen molar-refractivity contribution in [1.82, 2.24) is 14.5 Å². The molecule has 2 aromatic rings. The molecule has 0 saturated carbocycles. The molecule has 1 aliphatic heterocycles. The Bertz CT molecular complexity index is 1190. The van der Waals surface area contributed by atoms with E-state index in [0.717, 1.165) is 28.3 Å². The second kappa shape index (κ2) is 11.5. The lowest BCUT2D eigenvalue weighted by Crippen LogP contribution is -2.48. The first kappa shape index (κ1) is 26.4. The molecule has 2 aromatic carbocycles. The molecule has 1 heterocycles. The molecule has 35 heavy (non-hydrogen) atoms. The van der Waals surface area contributed by atoms with Gasteiger partial charge in [0.2, 0.25) is 11.8 Å². The Morgan fingerprint density at radius 1 is 1.06 bits per heavy atom. The zero-order valence-electron chi connectivity index (χ0n) is 20.5. The number of hydrogen-bond acceptors (Lipinski definition) is 5. The van der Waals surface area contributed by atoms with Gasteiger partial charge in [0.25, 0.3) is 15.9 Å². The van der Waals surface area contributed by atoms with E-state index in [9.17, 15) is 22.8 Å². The number of nitrogens with zero attached hydrogens (tertiary/aromatic N) is 2. The summed E-state index contributed by atoms with van der Waals surface area (Å²) >= 11 is 0. The van der Waals surface area contributed by atoms with E-state index in [1.165, 1.54) is 17.0 Å². The highest BCUT2D eigenvalue weighted by atomic mass is 32.2. The van der Waals surface area contributed by atoms with E-state index in [-0.39, 0.29) is 48.2 Å². The molecule has 8 nitrogen and oxygen atoms in total. The van der Waals surface area contributed by atoms with Gasteiger partial charge in [-0.3, -0.25) is 14.4 Å². The number of hydrogen-bond donors (Lipinski definition) is 1. The van der Waals surface area contributed by atoms with Crippen LogP contribution in [0.15, 0.2) is 53.4 Å². The fraction of sp³-hybridized carbons (Fsp3) is 0.423. The third kappa shape index (κ3) is 5.90. The second-order valence-corrected chi connectivity index (χ2v) is 10.6. The number of rotatable bonds is 11. The minimum Gasteiger partial charge on any atom is -0.354 e. The van der Waals surface area contributed by atoms with E-state index in [0.29, 0.717) is 6.54 Å². The second-order valence-electron chi connectivity index (χ2n) is 8.75. The van der Waals surface area contributed by atoms with Gasteiger partial charge in [-0.1, -0.05) is 49.7 Å². The molecule has 9 heteroatoms. The minimum atomic E-state index is -3.92. The maximum absolute atomic E-state index is 13.3. The zero-order chi connectivity index (χ0) is 25.6. The monoisotopic (exact) mass is 499 g/mol. The number of carbonyl (C=O) groups excluding carboxylic acids is 3. The van der Waals surface area contributed by atoms with Gasteiger partial charge < -0.3 is 10.2 Å². The Morgan fingerprint density at radius 3 is 2.43 bits per heavy atom. The van der Waals surface area contributed by atoms with Gasteiger partial charge in [0.05, 0.1) is 5.56 Å². The van der Waals surface area contributed by atoms with Crippen LogP contribution in [0.5, 0.6) is 0 Å². The standard InChI is InChI=1S/C26H33N3O5S/c1-4-5-16-27-25(31)20(3)28(18-21-12-7-6-11-19(21)2)24(30)15-10-17-29-26(32)22-13-8-9-14-23(22)35(29,33)34/h6-9,11-14,20H,4-5,10,15-18H2,1-3H3,(H,27,31)/t20-/m1/s1. The summed E-state index contributed by atoms with van der Waals surface area (Å²) in [5, 5.41) is 2.88. The Labute approximate surface area is 207 Å². The fourth-order valence-corrected chi connectivity index (χ4v) is 5.67. The first-order valence-corrected chi connectivity index (χ1v) is 13.4. The predicted octanol–water partition coefficient (Wildman–Crippen LogP) is 3.25. The lowest BCUT2D eigenvalue weighted by Gasteiger charge is -2.29. The van der Waals surface area contributed by atoms with Crippen molar-refractivity contribution < 1.29 is 22.8 Å². The quantitative estimate of drug-likeness (QED) is 0.478. The average Bonchev–Trinajstić information content (AvgIpc) is 3.03. The third-order valence-electron chi connectivity index (χ3n) is 6.26. The number of carbonyl (C=O) groups is 3. The molecular formula is C26H33N3O5S. The molecule has 0 saturated heterocycles. The van der Waals surface area contributed by atoms with E-state index in [2.05, 4.69) is 5.32 Å². The molecule has 0 aliphatic carbocycles. The summed E-state index contributed by atoms with van der Waals surface area (Å²) in [5.74, 6) is -1.07. The van der Waals surface area contributed by atoms with Gasteiger partial charge in [-0.15, -0.1) is 0 Å². The summed E-state index contributed by atoms with van der Waals surface area (Å²) in [4.78, 5) is 40.1. The van der Waals surface area contributed by atoms with Crippen molar-refractivity contribution in [2.24, 2.45) is 0 Å². The summed E-state index contributed by atoms with van der Waals surface area (Å²) in [6.45, 7) is 6.39. The lowest BCUT2D eigenvalue weighted by atomic mass is 10.1. The number of fused-ring (bicyclic) bond motifs is 1. The van der Waals surface area contributed by atoms with Crippen molar-refractivity contribution in [1.29, 1.82) is 0 Å². The molecule has 1 N–H and O–H groups in total. The van der Waals surface area contributed by atoms with Crippen LogP contribution in [0, 0.1) is 6.92 Å². The van der Waals surface area contributed by atoms with Crippen molar-refractivity contribution in [2.75, 3.05) is 13.1 Å². The number of sulfonamides is 1. The van der Waals surface area contributed by atoms with Crippen LogP contribution in [0.4, 0.5) is 0 Å². The molecule has 0 radical (unpaired) electrons. The van der Waals surface area contributed by atoms with Gasteiger partial charge in [-0.25, -0.2) is 12.7 Å². The maximum Gasteiger partial charge on any atom is 0.269 e. The third-order valence-corrected chi connectivity index (χ3v) is 8.10. The summed E-state index contributed by atoms with van der Waals surface area (Å²) in [5.41, 5.74) is 2.09. The molecule has 0 fully saturated rings. The van der Waals surface area contributed by atoms with Crippen molar-refractivity contribution in [2.45, 2.75) is 63.9 Å². The van der Waals surface area contributed by atoms with Crippen molar-refractivity contribution >= 4 is 27.7 Å². The van der Waals surface area contributed by atoms with Crippen molar-refractivity contribution in [3.8, 4) is 0 Å². The van der Waals surface area contributed by atoms with E-state index in [1.807, 2.05) is 38.1 Å². The summed E-state index contributed by atoms with van der Waals surface area (Å²) in [6.07, 6.45) is 1.97. The summed E-state index contributed by atoms with van der Waals surface area (Å²) < 4.78 is 26.4. The van der Waals surface area contributed by atoms with Gasteiger partial charge >= 0.3 is 0 Å². The normalized spacial score (nSPS) is 14.9.